The average Bonchev–Trinajstić information content (AvgIpc) is 2.65. The van der Waals surface area contributed by atoms with Gasteiger partial charge in [0.1, 0.15) is 11.4 Å². The van der Waals surface area contributed by atoms with Crippen molar-refractivity contribution in [2.45, 2.75) is 45.9 Å². The van der Waals surface area contributed by atoms with Crippen molar-refractivity contribution in [1.82, 2.24) is 10.6 Å². The molecule has 0 saturated carbocycles. The molecule has 0 aromatic heterocycles. The van der Waals surface area contributed by atoms with Gasteiger partial charge in [-0.3, -0.25) is 0 Å². The molecule has 0 saturated heterocycles. The average molecular weight is 399 g/mol. The number of urea groups is 1. The molecule has 0 radical (unpaired) electrons. The topological polar surface area (TPSA) is 88.7 Å². The third kappa shape index (κ3) is 7.73. The van der Waals surface area contributed by atoms with Crippen LogP contribution < -0.4 is 20.7 Å². The van der Waals surface area contributed by atoms with Gasteiger partial charge in [0.25, 0.3) is 0 Å². The maximum absolute atomic E-state index is 12.1. The van der Waals surface area contributed by atoms with Gasteiger partial charge in [0.15, 0.2) is 0 Å². The van der Waals surface area contributed by atoms with Crippen molar-refractivity contribution in [3.63, 3.8) is 0 Å². The zero-order valence-corrected chi connectivity index (χ0v) is 17.5. The summed E-state index contributed by atoms with van der Waals surface area (Å²) < 4.78 is 10.4. The molecule has 7 heteroatoms. The molecule has 0 heterocycles. The fourth-order valence-corrected chi connectivity index (χ4v) is 2.52. The van der Waals surface area contributed by atoms with E-state index in [0.717, 1.165) is 16.9 Å². The highest BCUT2D eigenvalue weighted by Gasteiger charge is 2.18. The molecule has 2 aromatic carbocycles. The smallest absolute Gasteiger partial charge is 0.408 e. The number of methoxy groups -OCH3 is 1. The number of hydrogen-bond donors (Lipinski definition) is 3. The summed E-state index contributed by atoms with van der Waals surface area (Å²) in [4.78, 5) is 24.0. The van der Waals surface area contributed by atoms with Crippen LogP contribution in [0.2, 0.25) is 0 Å². The molecule has 29 heavy (non-hydrogen) atoms. The van der Waals surface area contributed by atoms with Gasteiger partial charge in [-0.2, -0.15) is 0 Å². The van der Waals surface area contributed by atoms with Crippen LogP contribution >= 0.6 is 0 Å². The number of ether oxygens (including phenoxy) is 2. The van der Waals surface area contributed by atoms with Crippen LogP contribution in [0.4, 0.5) is 15.3 Å². The van der Waals surface area contributed by atoms with Gasteiger partial charge < -0.3 is 25.4 Å². The van der Waals surface area contributed by atoms with Crippen LogP contribution in [0.15, 0.2) is 48.5 Å². The zero-order valence-electron chi connectivity index (χ0n) is 17.5. The fraction of sp³-hybridized carbons (Fsp3) is 0.364. The molecule has 1 unspecified atom stereocenters. The lowest BCUT2D eigenvalue weighted by Crippen LogP contribution is -2.34. The molecule has 3 amide bonds. The molecule has 156 valence electrons. The first-order valence-corrected chi connectivity index (χ1v) is 9.43. The Morgan fingerprint density at radius 1 is 1.00 bits per heavy atom. The maximum Gasteiger partial charge on any atom is 0.408 e. The zero-order chi connectivity index (χ0) is 21.4. The van der Waals surface area contributed by atoms with Crippen LogP contribution in [0.1, 0.15) is 44.9 Å². The third-order valence-corrected chi connectivity index (χ3v) is 4.01. The van der Waals surface area contributed by atoms with Crippen LogP contribution in [0.25, 0.3) is 0 Å². The van der Waals surface area contributed by atoms with E-state index in [4.69, 9.17) is 9.47 Å². The van der Waals surface area contributed by atoms with E-state index in [2.05, 4.69) is 16.0 Å². The lowest BCUT2D eigenvalue weighted by Gasteiger charge is -2.22. The number of benzene rings is 2. The second kappa shape index (κ2) is 9.82. The molecule has 0 aliphatic carbocycles. The van der Waals surface area contributed by atoms with Gasteiger partial charge in [0.05, 0.1) is 13.2 Å². The molecule has 3 N–H and O–H groups in total. The minimum atomic E-state index is -0.545. The van der Waals surface area contributed by atoms with E-state index < -0.39 is 11.7 Å². The van der Waals surface area contributed by atoms with E-state index in [0.29, 0.717) is 12.2 Å². The minimum absolute atomic E-state index is 0.220. The van der Waals surface area contributed by atoms with Gasteiger partial charge in [0.2, 0.25) is 0 Å². The van der Waals surface area contributed by atoms with E-state index >= 15 is 0 Å². The SMILES string of the molecule is COc1ccc(CNC(=O)Nc2ccc(C(C)NC(=O)OC(C)(C)C)cc2)cc1. The van der Waals surface area contributed by atoms with E-state index in [9.17, 15) is 9.59 Å². The van der Waals surface area contributed by atoms with Gasteiger partial charge in [-0.05, 0) is 63.1 Å². The number of hydrogen-bond acceptors (Lipinski definition) is 4. The van der Waals surface area contributed by atoms with Crippen LogP contribution in [0.3, 0.4) is 0 Å². The number of rotatable bonds is 6. The monoisotopic (exact) mass is 399 g/mol. The predicted molar refractivity (Wildman–Crippen MR) is 113 cm³/mol. The van der Waals surface area contributed by atoms with Crippen molar-refractivity contribution in [2.24, 2.45) is 0 Å². The summed E-state index contributed by atoms with van der Waals surface area (Å²) in [7, 11) is 1.61. The molecule has 0 aliphatic heterocycles. The van der Waals surface area contributed by atoms with Gasteiger partial charge in [0, 0.05) is 12.2 Å². The van der Waals surface area contributed by atoms with Crippen molar-refractivity contribution >= 4 is 17.8 Å². The number of anilines is 1. The Kier molecular flexibility index (Phi) is 7.47. The van der Waals surface area contributed by atoms with Crippen LogP contribution in [0, 0.1) is 0 Å². The van der Waals surface area contributed by atoms with E-state index in [1.54, 1.807) is 19.2 Å². The van der Waals surface area contributed by atoms with Crippen molar-refractivity contribution in [3.05, 3.63) is 59.7 Å². The molecule has 0 aliphatic rings. The summed E-state index contributed by atoms with van der Waals surface area (Å²) in [6.07, 6.45) is -0.467. The van der Waals surface area contributed by atoms with Crippen molar-refractivity contribution < 1.29 is 19.1 Å². The standard InChI is InChI=1S/C22H29N3O4/c1-15(24-21(27)29-22(2,3)4)17-8-10-18(11-9-17)25-20(26)23-14-16-6-12-19(28-5)13-7-16/h6-13,15H,14H2,1-5H3,(H,24,27)(H2,23,25,26). The number of carbonyl (C=O) groups excluding carboxylic acids is 2. The molecule has 2 rings (SSSR count). The summed E-state index contributed by atoms with van der Waals surface area (Å²) in [6.45, 7) is 7.73. The lowest BCUT2D eigenvalue weighted by atomic mass is 10.1. The second-order valence-electron chi connectivity index (χ2n) is 7.65. The van der Waals surface area contributed by atoms with Gasteiger partial charge in [-0.25, -0.2) is 9.59 Å². The Bertz CT molecular complexity index is 811. The summed E-state index contributed by atoms with van der Waals surface area (Å²) in [5.74, 6) is 0.772. The molecule has 2 aromatic rings. The third-order valence-electron chi connectivity index (χ3n) is 4.01. The van der Waals surface area contributed by atoms with E-state index in [-0.39, 0.29) is 12.1 Å². The number of alkyl carbamates (subject to hydrolysis) is 1. The summed E-state index contributed by atoms with van der Waals surface area (Å²) in [6, 6.07) is 14.2. The fourth-order valence-electron chi connectivity index (χ4n) is 2.52. The highest BCUT2D eigenvalue weighted by Crippen LogP contribution is 2.17. The molecular formula is C22H29N3O4. The summed E-state index contributed by atoms with van der Waals surface area (Å²) in [5, 5.41) is 8.38. The van der Waals surface area contributed by atoms with Crippen molar-refractivity contribution in [3.8, 4) is 5.75 Å². The minimum Gasteiger partial charge on any atom is -0.497 e. The van der Waals surface area contributed by atoms with Crippen molar-refractivity contribution in [2.75, 3.05) is 12.4 Å². The predicted octanol–water partition coefficient (Wildman–Crippen LogP) is 4.60. The van der Waals surface area contributed by atoms with Gasteiger partial charge in [-0.1, -0.05) is 24.3 Å². The first kappa shape index (κ1) is 22.1. The molecule has 7 nitrogen and oxygen atoms in total. The molecule has 0 bridgehead atoms. The molecule has 0 spiro atoms. The van der Waals surface area contributed by atoms with Crippen LogP contribution in [0.5, 0.6) is 5.75 Å². The Hall–Kier alpha value is -3.22. The van der Waals surface area contributed by atoms with Crippen LogP contribution in [-0.2, 0) is 11.3 Å². The molecular weight excluding hydrogens is 370 g/mol. The first-order chi connectivity index (χ1) is 13.7. The Morgan fingerprint density at radius 3 is 2.17 bits per heavy atom. The van der Waals surface area contributed by atoms with E-state index in [1.165, 1.54) is 0 Å². The maximum atomic E-state index is 12.1. The van der Waals surface area contributed by atoms with E-state index in [1.807, 2.05) is 64.1 Å². The quantitative estimate of drug-likeness (QED) is 0.662. The highest BCUT2D eigenvalue weighted by molar-refractivity contribution is 5.89. The Morgan fingerprint density at radius 2 is 1.62 bits per heavy atom. The van der Waals surface area contributed by atoms with Crippen LogP contribution in [-0.4, -0.2) is 24.8 Å². The number of carbonyl (C=O) groups is 2. The van der Waals surface area contributed by atoms with Gasteiger partial charge >= 0.3 is 12.1 Å². The van der Waals surface area contributed by atoms with Crippen molar-refractivity contribution in [1.29, 1.82) is 0 Å². The lowest BCUT2D eigenvalue weighted by molar-refractivity contribution is 0.0508. The Labute approximate surface area is 171 Å². The van der Waals surface area contributed by atoms with Gasteiger partial charge in [-0.15, -0.1) is 0 Å². The largest absolute Gasteiger partial charge is 0.497 e. The molecule has 0 fully saturated rings. The number of amides is 3. The second-order valence-corrected chi connectivity index (χ2v) is 7.65. The Balaban J connectivity index is 1.82. The molecule has 1 atom stereocenters. The summed E-state index contributed by atoms with van der Waals surface area (Å²) >= 11 is 0. The summed E-state index contributed by atoms with van der Waals surface area (Å²) in [5.41, 5.74) is 1.99. The highest BCUT2D eigenvalue weighted by atomic mass is 16.6. The first-order valence-electron chi connectivity index (χ1n) is 9.43. The normalized spacial score (nSPS) is 11.9. The number of nitrogens with one attached hydrogen (secondary N) is 3.